The molecule has 0 spiro atoms. The van der Waals surface area contributed by atoms with Crippen molar-refractivity contribution in [3.8, 4) is 0 Å². The molecule has 2 N–H and O–H groups in total. The van der Waals surface area contributed by atoms with E-state index in [2.05, 4.69) is 61.8 Å². The lowest BCUT2D eigenvalue weighted by atomic mass is 9.85. The Hall–Kier alpha value is -1.42. The zero-order chi connectivity index (χ0) is 21.5. The maximum atomic E-state index is 12.8. The molecule has 0 atom stereocenters. The van der Waals surface area contributed by atoms with Gasteiger partial charge in [-0.1, -0.05) is 24.3 Å². The Labute approximate surface area is 213 Å². The average Bonchev–Trinajstić information content (AvgIpc) is 3.38. The molecule has 1 saturated carbocycles. The number of hydrogen-bond acceptors (Lipinski definition) is 4. The summed E-state index contributed by atoms with van der Waals surface area (Å²) in [5.74, 6) is 3.61. The number of benzene rings is 1. The van der Waals surface area contributed by atoms with Crippen molar-refractivity contribution < 1.29 is 4.79 Å². The fraction of sp³-hybridized carbons (Fsp3) is 0.583. The minimum atomic E-state index is 0. The lowest BCUT2D eigenvalue weighted by molar-refractivity contribution is -0.136. The number of amides is 1. The van der Waals surface area contributed by atoms with Crippen LogP contribution in [0.2, 0.25) is 0 Å². The third-order valence-electron chi connectivity index (χ3n) is 6.54. The van der Waals surface area contributed by atoms with Crippen molar-refractivity contribution >= 4 is 53.3 Å². The summed E-state index contributed by atoms with van der Waals surface area (Å²) in [7, 11) is 1.82. The molecule has 6 nitrogen and oxygen atoms in total. The minimum absolute atomic E-state index is 0. The van der Waals surface area contributed by atoms with E-state index in [0.29, 0.717) is 11.9 Å². The van der Waals surface area contributed by atoms with Gasteiger partial charge in [0.15, 0.2) is 5.96 Å². The molecule has 1 aromatic carbocycles. The number of carbonyl (C=O) groups excluding carboxylic acids is 1. The normalized spacial score (nSPS) is 23.6. The predicted octanol–water partition coefficient (Wildman–Crippen LogP) is 3.48. The van der Waals surface area contributed by atoms with Crippen LogP contribution < -0.4 is 15.5 Å². The Morgan fingerprint density at radius 1 is 1.06 bits per heavy atom. The third-order valence-corrected chi connectivity index (χ3v) is 7.49. The Morgan fingerprint density at radius 2 is 1.72 bits per heavy atom. The number of anilines is 1. The van der Waals surface area contributed by atoms with Gasteiger partial charge in [-0.2, -0.15) is 11.8 Å². The summed E-state index contributed by atoms with van der Waals surface area (Å²) < 4.78 is 0. The first kappa shape index (κ1) is 25.2. The van der Waals surface area contributed by atoms with Gasteiger partial charge in [0.1, 0.15) is 0 Å². The topological polar surface area (TPSA) is 60.0 Å². The Balaban J connectivity index is 0.00000289. The maximum Gasteiger partial charge on any atom is 0.225 e. The highest BCUT2D eigenvalue weighted by molar-refractivity contribution is 14.0. The van der Waals surface area contributed by atoms with Crippen LogP contribution in [0.15, 0.2) is 41.4 Å². The molecule has 1 saturated heterocycles. The van der Waals surface area contributed by atoms with Crippen molar-refractivity contribution in [1.82, 2.24) is 15.5 Å². The third kappa shape index (κ3) is 6.79. The van der Waals surface area contributed by atoms with Gasteiger partial charge in [0.05, 0.1) is 0 Å². The van der Waals surface area contributed by atoms with E-state index in [-0.39, 0.29) is 29.9 Å². The molecule has 2 aliphatic heterocycles. The first-order chi connectivity index (χ1) is 15.2. The van der Waals surface area contributed by atoms with Crippen LogP contribution in [0, 0.1) is 5.92 Å². The summed E-state index contributed by atoms with van der Waals surface area (Å²) in [5, 5.41) is 7.01. The minimum Gasteiger partial charge on any atom is -0.364 e. The lowest BCUT2D eigenvalue weighted by Gasteiger charge is -2.34. The van der Waals surface area contributed by atoms with Crippen LogP contribution in [0.25, 0.3) is 0 Å². The van der Waals surface area contributed by atoms with E-state index in [1.165, 1.54) is 11.3 Å². The van der Waals surface area contributed by atoms with E-state index in [0.717, 1.165) is 75.9 Å². The molecule has 8 heteroatoms. The number of thioether (sulfide) groups is 1. The summed E-state index contributed by atoms with van der Waals surface area (Å²) in [6, 6.07) is 9.14. The number of halogens is 1. The number of guanidine groups is 1. The van der Waals surface area contributed by atoms with E-state index in [9.17, 15) is 4.79 Å². The average molecular weight is 570 g/mol. The van der Waals surface area contributed by atoms with Gasteiger partial charge >= 0.3 is 0 Å². The Bertz CT molecular complexity index is 778. The van der Waals surface area contributed by atoms with Crippen LogP contribution in [0.1, 0.15) is 31.2 Å². The standard InChI is InChI=1S/C24H35N5OS.HI/c1-25-24(26-18-19-4-10-22(11-5-19)28-12-2-3-13-28)27-21-8-6-20(7-9-21)23(30)29-14-16-31-17-15-29;/h2-5,10-11,20-21H,6-9,12-18H2,1H3,(H2,25,26,27);1H. The van der Waals surface area contributed by atoms with Gasteiger partial charge in [-0.3, -0.25) is 9.79 Å². The largest absolute Gasteiger partial charge is 0.364 e. The molecule has 1 amide bonds. The van der Waals surface area contributed by atoms with Crippen LogP contribution in [-0.2, 0) is 11.3 Å². The van der Waals surface area contributed by atoms with Crippen LogP contribution in [0.4, 0.5) is 5.69 Å². The zero-order valence-electron chi connectivity index (χ0n) is 19.0. The highest BCUT2D eigenvalue weighted by Crippen LogP contribution is 2.27. The Morgan fingerprint density at radius 3 is 2.34 bits per heavy atom. The quantitative estimate of drug-likeness (QED) is 0.246. The van der Waals surface area contributed by atoms with Crippen LogP contribution in [0.3, 0.4) is 0 Å². The second-order valence-electron chi connectivity index (χ2n) is 8.60. The molecule has 4 rings (SSSR count). The highest BCUT2D eigenvalue weighted by Gasteiger charge is 2.30. The van der Waals surface area contributed by atoms with Crippen LogP contribution in [0.5, 0.6) is 0 Å². The molecule has 0 bridgehead atoms. The van der Waals surface area contributed by atoms with Gasteiger partial charge in [0.25, 0.3) is 0 Å². The van der Waals surface area contributed by atoms with Gasteiger partial charge in [-0.25, -0.2) is 0 Å². The fourth-order valence-electron chi connectivity index (χ4n) is 4.61. The first-order valence-electron chi connectivity index (χ1n) is 11.6. The number of aliphatic imine (C=N–C) groups is 1. The summed E-state index contributed by atoms with van der Waals surface area (Å²) in [4.78, 5) is 21.6. The second kappa shape index (κ2) is 12.7. The molecule has 32 heavy (non-hydrogen) atoms. The molecule has 1 aromatic rings. The Kier molecular flexibility index (Phi) is 10.0. The van der Waals surface area contributed by atoms with Gasteiger partial charge in [-0.15, -0.1) is 24.0 Å². The number of rotatable bonds is 5. The molecule has 2 heterocycles. The monoisotopic (exact) mass is 569 g/mol. The van der Waals surface area contributed by atoms with Crippen molar-refractivity contribution in [2.45, 2.75) is 38.3 Å². The van der Waals surface area contributed by atoms with Gasteiger partial charge in [-0.05, 0) is 43.4 Å². The molecule has 176 valence electrons. The van der Waals surface area contributed by atoms with Crippen molar-refractivity contribution in [3.05, 3.63) is 42.0 Å². The predicted molar refractivity (Wildman–Crippen MR) is 146 cm³/mol. The van der Waals surface area contributed by atoms with Crippen molar-refractivity contribution in [3.63, 3.8) is 0 Å². The fourth-order valence-corrected chi connectivity index (χ4v) is 5.52. The van der Waals surface area contributed by atoms with Crippen molar-refractivity contribution in [1.29, 1.82) is 0 Å². The van der Waals surface area contributed by atoms with Crippen molar-refractivity contribution in [2.75, 3.05) is 49.6 Å². The molecule has 0 unspecified atom stereocenters. The second-order valence-corrected chi connectivity index (χ2v) is 9.82. The smallest absolute Gasteiger partial charge is 0.225 e. The lowest BCUT2D eigenvalue weighted by Crippen LogP contribution is -2.47. The summed E-state index contributed by atoms with van der Waals surface area (Å²) in [6.45, 7) is 4.60. The molecular weight excluding hydrogens is 533 g/mol. The zero-order valence-corrected chi connectivity index (χ0v) is 22.1. The maximum absolute atomic E-state index is 12.8. The van der Waals surface area contributed by atoms with Crippen molar-refractivity contribution in [2.24, 2.45) is 10.9 Å². The van der Waals surface area contributed by atoms with Gasteiger partial charge in [0, 0.05) is 68.9 Å². The number of hydrogen-bond donors (Lipinski definition) is 2. The van der Waals surface area contributed by atoms with E-state index < -0.39 is 0 Å². The van der Waals surface area contributed by atoms with Crippen LogP contribution >= 0.6 is 35.7 Å². The van der Waals surface area contributed by atoms with Gasteiger partial charge in [0.2, 0.25) is 5.91 Å². The molecule has 0 aromatic heterocycles. The van der Waals surface area contributed by atoms with Crippen LogP contribution in [-0.4, -0.2) is 67.5 Å². The SMILES string of the molecule is CN=C(NCc1ccc(N2CC=CC2)cc1)NC1CCC(C(=O)N2CCSCC2)CC1.I. The molecule has 2 fully saturated rings. The summed E-state index contributed by atoms with van der Waals surface area (Å²) in [6.07, 6.45) is 8.42. The number of nitrogens with zero attached hydrogens (tertiary/aromatic N) is 3. The number of nitrogens with one attached hydrogen (secondary N) is 2. The van der Waals surface area contributed by atoms with E-state index >= 15 is 0 Å². The molecular formula is C24H36IN5OS. The summed E-state index contributed by atoms with van der Waals surface area (Å²) in [5.41, 5.74) is 2.51. The molecule has 0 radical (unpaired) electrons. The van der Waals surface area contributed by atoms with E-state index in [1.807, 2.05) is 18.8 Å². The first-order valence-corrected chi connectivity index (χ1v) is 12.7. The summed E-state index contributed by atoms with van der Waals surface area (Å²) >= 11 is 1.95. The molecule has 3 aliphatic rings. The molecule has 1 aliphatic carbocycles. The van der Waals surface area contributed by atoms with E-state index in [4.69, 9.17) is 0 Å². The van der Waals surface area contributed by atoms with Gasteiger partial charge < -0.3 is 20.4 Å². The highest BCUT2D eigenvalue weighted by atomic mass is 127. The van der Waals surface area contributed by atoms with E-state index in [1.54, 1.807) is 0 Å². The number of carbonyl (C=O) groups is 1.